The van der Waals surface area contributed by atoms with Gasteiger partial charge in [-0.1, -0.05) is 0 Å². The van der Waals surface area contributed by atoms with Gasteiger partial charge in [0.1, 0.15) is 5.75 Å². The van der Waals surface area contributed by atoms with Crippen LogP contribution in [0.5, 0.6) is 11.5 Å². The molecule has 0 radical (unpaired) electrons. The predicted molar refractivity (Wildman–Crippen MR) is 54.4 cm³/mol. The largest absolute Gasteiger partial charge is 0.497 e. The summed E-state index contributed by atoms with van der Waals surface area (Å²) < 4.78 is 31.2. The number of hydrogen-bond acceptors (Lipinski definition) is 4. The van der Waals surface area contributed by atoms with Gasteiger partial charge in [0.2, 0.25) is 0 Å². The molecule has 0 saturated heterocycles. The molecular formula is C7H8BrNO4S. The van der Waals surface area contributed by atoms with Crippen molar-refractivity contribution in [3.63, 3.8) is 0 Å². The van der Waals surface area contributed by atoms with Crippen molar-refractivity contribution in [2.75, 3.05) is 7.11 Å². The molecule has 0 aliphatic heterocycles. The van der Waals surface area contributed by atoms with Crippen molar-refractivity contribution < 1.29 is 17.3 Å². The van der Waals surface area contributed by atoms with Crippen LogP contribution in [0.3, 0.4) is 0 Å². The Hall–Kier alpha value is -0.790. The summed E-state index contributed by atoms with van der Waals surface area (Å²) in [5.41, 5.74) is 0. The van der Waals surface area contributed by atoms with E-state index in [-0.39, 0.29) is 5.75 Å². The highest BCUT2D eigenvalue weighted by Crippen LogP contribution is 2.29. The molecule has 1 aromatic rings. The summed E-state index contributed by atoms with van der Waals surface area (Å²) >= 11 is 3.11. The Balaban J connectivity index is 3.07. The number of halogens is 1. The molecule has 0 bridgehead atoms. The van der Waals surface area contributed by atoms with Gasteiger partial charge in [-0.2, -0.15) is 13.6 Å². The maximum atomic E-state index is 10.6. The van der Waals surface area contributed by atoms with Crippen LogP contribution in [-0.2, 0) is 10.3 Å². The third kappa shape index (κ3) is 3.17. The Kier molecular flexibility index (Phi) is 3.35. The Bertz CT molecular complexity index is 431. The molecule has 2 N–H and O–H groups in total. The normalized spacial score (nSPS) is 11.1. The van der Waals surface area contributed by atoms with E-state index in [1.54, 1.807) is 12.1 Å². The maximum Gasteiger partial charge on any atom is 0.380 e. The lowest BCUT2D eigenvalue weighted by molar-refractivity contribution is 0.411. The maximum absolute atomic E-state index is 10.6. The average molecular weight is 282 g/mol. The van der Waals surface area contributed by atoms with Gasteiger partial charge in [-0.15, -0.1) is 0 Å². The fourth-order valence-corrected chi connectivity index (χ4v) is 1.62. The molecule has 0 atom stereocenters. The number of ether oxygens (including phenoxy) is 1. The number of nitrogens with two attached hydrogens (primary N) is 1. The second kappa shape index (κ2) is 4.16. The van der Waals surface area contributed by atoms with Crippen molar-refractivity contribution in [1.29, 1.82) is 0 Å². The summed E-state index contributed by atoms with van der Waals surface area (Å²) in [6.45, 7) is 0. The zero-order valence-corrected chi connectivity index (χ0v) is 9.63. The van der Waals surface area contributed by atoms with E-state index in [1.807, 2.05) is 0 Å². The minimum atomic E-state index is -4.01. The van der Waals surface area contributed by atoms with Gasteiger partial charge in [0.15, 0.2) is 5.75 Å². The minimum Gasteiger partial charge on any atom is -0.497 e. The molecule has 0 aromatic heterocycles. The number of benzene rings is 1. The number of rotatable bonds is 3. The molecule has 5 nitrogen and oxygen atoms in total. The summed E-state index contributed by atoms with van der Waals surface area (Å²) in [5.74, 6) is 0.568. The van der Waals surface area contributed by atoms with Crippen LogP contribution in [0.1, 0.15) is 0 Å². The molecule has 0 heterocycles. The van der Waals surface area contributed by atoms with Gasteiger partial charge in [0.25, 0.3) is 0 Å². The lowest BCUT2D eigenvalue weighted by Crippen LogP contribution is -2.19. The fourth-order valence-electron chi connectivity index (χ4n) is 0.800. The highest BCUT2D eigenvalue weighted by molar-refractivity contribution is 9.10. The van der Waals surface area contributed by atoms with E-state index < -0.39 is 10.3 Å². The second-order valence-electron chi connectivity index (χ2n) is 2.37. The lowest BCUT2D eigenvalue weighted by Gasteiger charge is -2.06. The third-order valence-corrected chi connectivity index (χ3v) is 2.41. The first kappa shape index (κ1) is 11.3. The first-order valence-corrected chi connectivity index (χ1v) is 5.74. The van der Waals surface area contributed by atoms with Crippen molar-refractivity contribution in [2.24, 2.45) is 5.14 Å². The summed E-state index contributed by atoms with van der Waals surface area (Å²) in [6, 6.07) is 4.66. The molecule has 0 amide bonds. The van der Waals surface area contributed by atoms with E-state index in [0.29, 0.717) is 10.2 Å². The zero-order valence-electron chi connectivity index (χ0n) is 7.23. The van der Waals surface area contributed by atoms with Gasteiger partial charge in [0.05, 0.1) is 11.6 Å². The van der Waals surface area contributed by atoms with Crippen LogP contribution >= 0.6 is 15.9 Å². The topological polar surface area (TPSA) is 78.6 Å². The number of hydrogen-bond donors (Lipinski definition) is 1. The van der Waals surface area contributed by atoms with Crippen LogP contribution < -0.4 is 14.1 Å². The molecular weight excluding hydrogens is 274 g/mol. The molecule has 14 heavy (non-hydrogen) atoms. The van der Waals surface area contributed by atoms with E-state index in [0.717, 1.165) is 0 Å². The second-order valence-corrected chi connectivity index (χ2v) is 4.38. The van der Waals surface area contributed by atoms with Crippen LogP contribution in [0.15, 0.2) is 22.7 Å². The van der Waals surface area contributed by atoms with Gasteiger partial charge in [0, 0.05) is 6.07 Å². The van der Waals surface area contributed by atoms with Crippen molar-refractivity contribution in [2.45, 2.75) is 0 Å². The molecule has 78 valence electrons. The molecule has 0 saturated carbocycles. The lowest BCUT2D eigenvalue weighted by atomic mass is 10.3. The van der Waals surface area contributed by atoms with Gasteiger partial charge in [-0.3, -0.25) is 0 Å². The summed E-state index contributed by atoms with van der Waals surface area (Å²) in [4.78, 5) is 0. The van der Waals surface area contributed by atoms with Crippen LogP contribution in [0, 0.1) is 0 Å². The van der Waals surface area contributed by atoms with E-state index >= 15 is 0 Å². The molecule has 7 heteroatoms. The Labute approximate surface area is 90.2 Å². The fraction of sp³-hybridized carbons (Fsp3) is 0.143. The van der Waals surface area contributed by atoms with Crippen LogP contribution in [0.2, 0.25) is 0 Å². The third-order valence-electron chi connectivity index (χ3n) is 1.34. The highest BCUT2D eigenvalue weighted by Gasteiger charge is 2.09. The van der Waals surface area contributed by atoms with Gasteiger partial charge < -0.3 is 8.92 Å². The van der Waals surface area contributed by atoms with E-state index in [4.69, 9.17) is 9.88 Å². The predicted octanol–water partition coefficient (Wildman–Crippen LogP) is 1.04. The quantitative estimate of drug-likeness (QED) is 0.898. The average Bonchev–Trinajstić information content (AvgIpc) is 2.06. The van der Waals surface area contributed by atoms with Crippen molar-refractivity contribution in [3.05, 3.63) is 22.7 Å². The Morgan fingerprint density at radius 1 is 1.43 bits per heavy atom. The smallest absolute Gasteiger partial charge is 0.380 e. The summed E-state index contributed by atoms with van der Waals surface area (Å²) in [5, 5.41) is 4.72. The van der Waals surface area contributed by atoms with Gasteiger partial charge >= 0.3 is 10.3 Å². The highest BCUT2D eigenvalue weighted by atomic mass is 79.9. The van der Waals surface area contributed by atoms with E-state index in [2.05, 4.69) is 20.1 Å². The molecule has 0 spiro atoms. The molecule has 1 aromatic carbocycles. The van der Waals surface area contributed by atoms with Crippen molar-refractivity contribution in [3.8, 4) is 11.5 Å². The van der Waals surface area contributed by atoms with Crippen LogP contribution in [-0.4, -0.2) is 15.5 Å². The molecule has 0 aliphatic rings. The van der Waals surface area contributed by atoms with E-state index in [9.17, 15) is 8.42 Å². The summed E-state index contributed by atoms with van der Waals surface area (Å²) in [6.07, 6.45) is 0. The molecule has 0 unspecified atom stereocenters. The van der Waals surface area contributed by atoms with Crippen molar-refractivity contribution >= 4 is 26.2 Å². The molecule has 0 aliphatic carbocycles. The Morgan fingerprint density at radius 3 is 2.57 bits per heavy atom. The van der Waals surface area contributed by atoms with Gasteiger partial charge in [-0.05, 0) is 28.1 Å². The zero-order chi connectivity index (χ0) is 10.8. The first-order valence-electron chi connectivity index (χ1n) is 3.48. The molecule has 0 fully saturated rings. The standard InChI is InChI=1S/C7H8BrNO4S/c1-12-5-2-3-6(8)7(4-5)13-14(9,10)11/h2-4H,1H3,(H2,9,10,11). The first-order chi connectivity index (χ1) is 6.42. The van der Waals surface area contributed by atoms with Crippen LogP contribution in [0.25, 0.3) is 0 Å². The molecule has 1 rings (SSSR count). The van der Waals surface area contributed by atoms with Gasteiger partial charge in [-0.25, -0.2) is 0 Å². The monoisotopic (exact) mass is 281 g/mol. The van der Waals surface area contributed by atoms with Crippen LogP contribution in [0.4, 0.5) is 0 Å². The summed E-state index contributed by atoms with van der Waals surface area (Å²) in [7, 11) is -2.55. The number of methoxy groups -OCH3 is 1. The SMILES string of the molecule is COc1ccc(Br)c(OS(N)(=O)=O)c1. The van der Waals surface area contributed by atoms with Crippen molar-refractivity contribution in [1.82, 2.24) is 0 Å². The Morgan fingerprint density at radius 2 is 2.07 bits per heavy atom. The van der Waals surface area contributed by atoms with E-state index in [1.165, 1.54) is 13.2 Å². The minimum absolute atomic E-state index is 0.0897.